The van der Waals surface area contributed by atoms with Crippen molar-refractivity contribution in [3.63, 3.8) is 0 Å². The third-order valence-electron chi connectivity index (χ3n) is 2.92. The van der Waals surface area contributed by atoms with Gasteiger partial charge in [0.2, 0.25) is 0 Å². The smallest absolute Gasteiger partial charge is 0.270 e. The summed E-state index contributed by atoms with van der Waals surface area (Å²) < 4.78 is 1.35. The van der Waals surface area contributed by atoms with Gasteiger partial charge in [-0.05, 0) is 19.1 Å². The van der Waals surface area contributed by atoms with Crippen molar-refractivity contribution < 1.29 is 4.79 Å². The average molecular weight is 300 g/mol. The molecule has 3 rings (SSSR count). The predicted octanol–water partition coefficient (Wildman–Crippen LogP) is 1.39. The third kappa shape index (κ3) is 2.68. The van der Waals surface area contributed by atoms with E-state index in [2.05, 4.69) is 15.3 Å². The molecular weight excluding hydrogens is 288 g/mol. The minimum absolute atomic E-state index is 0.0204. The van der Waals surface area contributed by atoms with Crippen molar-refractivity contribution in [1.82, 2.24) is 19.7 Å². The van der Waals surface area contributed by atoms with Crippen molar-refractivity contribution >= 4 is 22.9 Å². The van der Waals surface area contributed by atoms with Gasteiger partial charge < -0.3 is 5.32 Å². The monoisotopic (exact) mass is 300 g/mol. The molecule has 0 saturated carbocycles. The fourth-order valence-corrected chi connectivity index (χ4v) is 2.63. The summed E-state index contributed by atoms with van der Waals surface area (Å²) in [6.45, 7) is 2.19. The van der Waals surface area contributed by atoms with Crippen LogP contribution in [0.3, 0.4) is 0 Å². The highest BCUT2D eigenvalue weighted by atomic mass is 32.1. The molecule has 0 bridgehead atoms. The predicted molar refractivity (Wildman–Crippen MR) is 79.5 cm³/mol. The summed E-state index contributed by atoms with van der Waals surface area (Å²) in [5.41, 5.74) is 1.06. The lowest BCUT2D eigenvalue weighted by molar-refractivity contribution is 0.0949. The van der Waals surface area contributed by atoms with E-state index in [0.717, 1.165) is 10.7 Å². The van der Waals surface area contributed by atoms with Gasteiger partial charge in [0.05, 0.1) is 6.54 Å². The molecule has 106 valence electrons. The Morgan fingerprint density at radius 2 is 2.29 bits per heavy atom. The number of hydrogen-bond acceptors (Lipinski definition) is 5. The molecular formula is C14H12N4O2S. The maximum atomic E-state index is 12.2. The van der Waals surface area contributed by atoms with Crippen molar-refractivity contribution in [1.29, 1.82) is 0 Å². The first-order valence-corrected chi connectivity index (χ1v) is 7.19. The number of fused-ring (bicyclic) bond motifs is 1. The summed E-state index contributed by atoms with van der Waals surface area (Å²) in [5.74, 6) is -0.446. The molecule has 1 amide bonds. The Bertz CT molecular complexity index is 869. The lowest BCUT2D eigenvalue weighted by Gasteiger charge is -2.04. The number of thiazole rings is 1. The van der Waals surface area contributed by atoms with Gasteiger partial charge in [-0.3, -0.25) is 14.0 Å². The largest absolute Gasteiger partial charge is 0.345 e. The van der Waals surface area contributed by atoms with Gasteiger partial charge in [-0.25, -0.2) is 9.97 Å². The average Bonchev–Trinajstić information content (AvgIpc) is 2.91. The van der Waals surface area contributed by atoms with Gasteiger partial charge in [0.25, 0.3) is 11.5 Å². The van der Waals surface area contributed by atoms with E-state index in [1.807, 2.05) is 12.3 Å². The normalized spacial score (nSPS) is 10.7. The van der Waals surface area contributed by atoms with E-state index >= 15 is 0 Å². The summed E-state index contributed by atoms with van der Waals surface area (Å²) >= 11 is 1.47. The van der Waals surface area contributed by atoms with E-state index < -0.39 is 5.91 Å². The van der Waals surface area contributed by atoms with E-state index in [0.29, 0.717) is 12.2 Å². The first-order valence-electron chi connectivity index (χ1n) is 6.31. The van der Waals surface area contributed by atoms with Gasteiger partial charge in [-0.15, -0.1) is 11.3 Å². The Balaban J connectivity index is 1.84. The van der Waals surface area contributed by atoms with Crippen LogP contribution in [-0.2, 0) is 6.54 Å². The highest BCUT2D eigenvalue weighted by Gasteiger charge is 2.13. The Morgan fingerprint density at radius 1 is 1.43 bits per heavy atom. The Morgan fingerprint density at radius 3 is 3.05 bits per heavy atom. The molecule has 0 spiro atoms. The summed E-state index contributed by atoms with van der Waals surface area (Å²) in [7, 11) is 0. The van der Waals surface area contributed by atoms with Crippen LogP contribution in [0, 0.1) is 6.92 Å². The topological polar surface area (TPSA) is 76.4 Å². The number of rotatable bonds is 3. The Kier molecular flexibility index (Phi) is 3.49. The summed E-state index contributed by atoms with van der Waals surface area (Å²) in [4.78, 5) is 32.7. The van der Waals surface area contributed by atoms with Crippen LogP contribution in [-0.4, -0.2) is 20.3 Å². The lowest BCUT2D eigenvalue weighted by atomic mass is 10.3. The quantitative estimate of drug-likeness (QED) is 0.793. The van der Waals surface area contributed by atoms with Crippen molar-refractivity contribution in [2.75, 3.05) is 0 Å². The van der Waals surface area contributed by atoms with Crippen LogP contribution in [0.5, 0.6) is 0 Å². The molecule has 6 nitrogen and oxygen atoms in total. The van der Waals surface area contributed by atoms with Crippen molar-refractivity contribution in [2.45, 2.75) is 13.5 Å². The molecule has 0 aliphatic rings. The highest BCUT2D eigenvalue weighted by Crippen LogP contribution is 2.08. The first kappa shape index (κ1) is 13.4. The van der Waals surface area contributed by atoms with E-state index in [1.54, 1.807) is 24.4 Å². The van der Waals surface area contributed by atoms with Crippen molar-refractivity contribution in [3.8, 4) is 0 Å². The Hall–Kier alpha value is -2.54. The number of hydrogen-bond donors (Lipinski definition) is 1. The maximum Gasteiger partial charge on any atom is 0.270 e. The number of carbonyl (C=O) groups is 1. The zero-order chi connectivity index (χ0) is 14.8. The fraction of sp³-hybridized carbons (Fsp3) is 0.143. The number of nitrogens with zero attached hydrogens (tertiary/aromatic N) is 3. The second kappa shape index (κ2) is 5.45. The molecule has 0 unspecified atom stereocenters. The third-order valence-corrected chi connectivity index (χ3v) is 3.89. The zero-order valence-corrected chi connectivity index (χ0v) is 12.1. The SMILES string of the molecule is Cc1csc(CNC(=O)c2cnc3ccccn3c2=O)n1. The van der Waals surface area contributed by atoms with Gasteiger partial charge in [-0.1, -0.05) is 6.07 Å². The van der Waals surface area contributed by atoms with Gasteiger partial charge in [0.15, 0.2) is 0 Å². The number of pyridine rings is 1. The Labute approximate surface area is 124 Å². The molecule has 3 aromatic rings. The van der Waals surface area contributed by atoms with Gasteiger partial charge >= 0.3 is 0 Å². The molecule has 0 aliphatic carbocycles. The summed E-state index contributed by atoms with van der Waals surface area (Å²) in [6.07, 6.45) is 2.89. The molecule has 0 atom stereocenters. The first-order chi connectivity index (χ1) is 10.1. The molecule has 0 aromatic carbocycles. The number of aryl methyl sites for hydroxylation is 1. The van der Waals surface area contributed by atoms with Crippen LogP contribution < -0.4 is 10.9 Å². The second-order valence-corrected chi connectivity index (χ2v) is 5.41. The van der Waals surface area contributed by atoms with Crippen molar-refractivity contribution in [3.05, 3.63) is 62.6 Å². The van der Waals surface area contributed by atoms with Crippen LogP contribution in [0.1, 0.15) is 21.1 Å². The number of aromatic nitrogens is 3. The zero-order valence-electron chi connectivity index (χ0n) is 11.2. The van der Waals surface area contributed by atoms with E-state index in [-0.39, 0.29) is 11.1 Å². The second-order valence-electron chi connectivity index (χ2n) is 4.47. The summed E-state index contributed by atoms with van der Waals surface area (Å²) in [6, 6.07) is 5.21. The minimum Gasteiger partial charge on any atom is -0.345 e. The van der Waals surface area contributed by atoms with E-state index in [1.165, 1.54) is 21.9 Å². The number of nitrogens with one attached hydrogen (secondary N) is 1. The number of carbonyl (C=O) groups excluding carboxylic acids is 1. The van der Waals surface area contributed by atoms with Crippen LogP contribution in [0.15, 0.2) is 40.8 Å². The maximum absolute atomic E-state index is 12.2. The van der Waals surface area contributed by atoms with Crippen LogP contribution in [0.2, 0.25) is 0 Å². The van der Waals surface area contributed by atoms with Crippen LogP contribution >= 0.6 is 11.3 Å². The van der Waals surface area contributed by atoms with Crippen LogP contribution in [0.4, 0.5) is 0 Å². The van der Waals surface area contributed by atoms with Gasteiger partial charge in [0, 0.05) is 23.5 Å². The lowest BCUT2D eigenvalue weighted by Crippen LogP contribution is -2.31. The molecule has 0 fully saturated rings. The molecule has 3 aromatic heterocycles. The molecule has 0 radical (unpaired) electrons. The molecule has 3 heterocycles. The molecule has 0 aliphatic heterocycles. The van der Waals surface area contributed by atoms with Crippen molar-refractivity contribution in [2.24, 2.45) is 0 Å². The minimum atomic E-state index is -0.446. The summed E-state index contributed by atoms with van der Waals surface area (Å²) in [5, 5.41) is 5.40. The van der Waals surface area contributed by atoms with E-state index in [9.17, 15) is 9.59 Å². The number of amides is 1. The highest BCUT2D eigenvalue weighted by molar-refractivity contribution is 7.09. The molecule has 1 N–H and O–H groups in total. The van der Waals surface area contributed by atoms with E-state index in [4.69, 9.17) is 0 Å². The van der Waals surface area contributed by atoms with Gasteiger partial charge in [0.1, 0.15) is 16.2 Å². The standard InChI is InChI=1S/C14H12N4O2S/c1-9-8-21-12(17-9)7-16-13(19)10-6-15-11-4-2-3-5-18(11)14(10)20/h2-6,8H,7H2,1H3,(H,16,19). The molecule has 21 heavy (non-hydrogen) atoms. The molecule has 0 saturated heterocycles. The van der Waals surface area contributed by atoms with Crippen LogP contribution in [0.25, 0.3) is 5.65 Å². The van der Waals surface area contributed by atoms with Gasteiger partial charge in [-0.2, -0.15) is 0 Å². The molecule has 7 heteroatoms. The fourth-order valence-electron chi connectivity index (χ4n) is 1.92.